The van der Waals surface area contributed by atoms with E-state index in [2.05, 4.69) is 30.9 Å². The van der Waals surface area contributed by atoms with Gasteiger partial charge in [-0.2, -0.15) is 0 Å². The third-order valence-electron chi connectivity index (χ3n) is 1.57. The first-order chi connectivity index (χ1) is 7.27. The summed E-state index contributed by atoms with van der Waals surface area (Å²) < 4.78 is 11.6. The number of nitrogens with zero attached hydrogens (tertiary/aromatic N) is 2. The van der Waals surface area contributed by atoms with Crippen molar-refractivity contribution in [3.63, 3.8) is 0 Å². The molecule has 0 amide bonds. The van der Waals surface area contributed by atoms with Crippen LogP contribution < -0.4 is 0 Å². The number of rotatable bonds is 6. The Morgan fingerprint density at radius 1 is 1.73 bits per heavy atom. The number of carbonyl (C=O) groups is 1. The van der Waals surface area contributed by atoms with E-state index >= 15 is 0 Å². The van der Waals surface area contributed by atoms with Gasteiger partial charge in [0, 0.05) is 11.9 Å². The number of carbonyl (C=O) groups excluding carboxylic acids is 1. The zero-order valence-corrected chi connectivity index (χ0v) is 11.2. The number of imidazole rings is 1. The Morgan fingerprint density at radius 2 is 2.53 bits per heavy atom. The molecule has 15 heavy (non-hydrogen) atoms. The van der Waals surface area contributed by atoms with Crippen LogP contribution in [0.3, 0.4) is 0 Å². The molecule has 0 atom stereocenters. The highest BCUT2D eigenvalue weighted by molar-refractivity contribution is 14.2. The Bertz CT molecular complexity index is 319. The largest absolute Gasteiger partial charge is 0.464 e. The maximum absolute atomic E-state index is 11.1. The molecular formula is C8H11IN2O3S. The second-order valence-electron chi connectivity index (χ2n) is 2.62. The Kier molecular flexibility index (Phi) is 6.03. The Hall–Kier alpha value is -0.280. The molecule has 1 rings (SSSR count). The predicted octanol–water partition coefficient (Wildman–Crippen LogP) is 1.73. The molecular weight excluding hydrogens is 331 g/mol. The van der Waals surface area contributed by atoms with Gasteiger partial charge in [-0.15, -0.1) is 0 Å². The van der Waals surface area contributed by atoms with E-state index in [4.69, 9.17) is 4.74 Å². The van der Waals surface area contributed by atoms with E-state index in [0.29, 0.717) is 19.0 Å². The fourth-order valence-corrected chi connectivity index (χ4v) is 1.62. The highest BCUT2D eigenvalue weighted by atomic mass is 127. The molecule has 0 saturated carbocycles. The lowest BCUT2D eigenvalue weighted by atomic mass is 10.5. The molecule has 0 spiro atoms. The van der Waals surface area contributed by atoms with Gasteiger partial charge in [0.2, 0.25) is 0 Å². The van der Waals surface area contributed by atoms with Crippen molar-refractivity contribution in [2.75, 3.05) is 19.5 Å². The van der Waals surface area contributed by atoms with Crippen LogP contribution in [-0.4, -0.2) is 35.0 Å². The van der Waals surface area contributed by atoms with Gasteiger partial charge in [0.05, 0.1) is 20.0 Å². The average Bonchev–Trinajstić information content (AvgIpc) is 2.72. The fraction of sp³-hybridized carbons (Fsp3) is 0.500. The highest BCUT2D eigenvalue weighted by Crippen LogP contribution is 2.09. The predicted molar refractivity (Wildman–Crippen MR) is 66.0 cm³/mol. The van der Waals surface area contributed by atoms with Crippen LogP contribution in [0.15, 0.2) is 12.5 Å². The second-order valence-corrected chi connectivity index (χ2v) is 5.11. The van der Waals surface area contributed by atoms with E-state index in [-0.39, 0.29) is 0 Å². The van der Waals surface area contributed by atoms with Crippen LogP contribution in [0.4, 0.5) is 0 Å². The summed E-state index contributed by atoms with van der Waals surface area (Å²) in [4.78, 5) is 14.9. The van der Waals surface area contributed by atoms with Gasteiger partial charge >= 0.3 is 5.97 Å². The highest BCUT2D eigenvalue weighted by Gasteiger charge is 2.08. The first-order valence-corrected chi connectivity index (χ1v) is 7.72. The third kappa shape index (κ3) is 4.39. The molecule has 0 fully saturated rings. The van der Waals surface area contributed by atoms with E-state index in [9.17, 15) is 4.79 Å². The van der Waals surface area contributed by atoms with Crippen molar-refractivity contribution in [3.05, 3.63) is 18.2 Å². The van der Waals surface area contributed by atoms with Crippen molar-refractivity contribution in [2.24, 2.45) is 0 Å². The summed E-state index contributed by atoms with van der Waals surface area (Å²) in [7, 11) is 3.03. The van der Waals surface area contributed by atoms with Gasteiger partial charge in [-0.25, -0.2) is 9.78 Å². The molecule has 0 saturated heterocycles. The molecule has 84 valence electrons. The summed E-state index contributed by atoms with van der Waals surface area (Å²) in [5.74, 6) is 0.510. The van der Waals surface area contributed by atoms with Crippen molar-refractivity contribution in [1.29, 1.82) is 0 Å². The van der Waals surface area contributed by atoms with Gasteiger partial charge < -0.3 is 14.0 Å². The van der Waals surface area contributed by atoms with Crippen molar-refractivity contribution in [3.8, 4) is 0 Å². The fourth-order valence-electron chi connectivity index (χ4n) is 0.901. The van der Waals surface area contributed by atoms with Gasteiger partial charge in [0.1, 0.15) is 6.73 Å². The summed E-state index contributed by atoms with van der Waals surface area (Å²) in [5, 5.41) is 0. The van der Waals surface area contributed by atoms with Crippen LogP contribution in [0.5, 0.6) is 0 Å². The number of hydrogen-bond donors (Lipinski definition) is 0. The Morgan fingerprint density at radius 3 is 3.20 bits per heavy atom. The lowest BCUT2D eigenvalue weighted by molar-refractivity contribution is 0.0593. The van der Waals surface area contributed by atoms with Gasteiger partial charge in [-0.3, -0.25) is 0 Å². The summed E-state index contributed by atoms with van der Waals surface area (Å²) >= 11 is 2.22. The molecule has 0 N–H and O–H groups in total. The van der Waals surface area contributed by atoms with Gasteiger partial charge in [-0.1, -0.05) is 8.93 Å². The standard InChI is InChI=1S/C8H11IN2O3S/c1-13-8(12)7-4-11(5-10-7)6-14-2-3-15-9/h4-5H,2-3,6H2,1H3. The van der Waals surface area contributed by atoms with Crippen molar-refractivity contribution in [1.82, 2.24) is 9.55 Å². The van der Waals surface area contributed by atoms with Crippen molar-refractivity contribution in [2.45, 2.75) is 6.73 Å². The summed E-state index contributed by atoms with van der Waals surface area (Å²) in [5.41, 5.74) is 0.296. The Balaban J connectivity index is 2.36. The van der Waals surface area contributed by atoms with Gasteiger partial charge in [-0.05, 0) is 21.2 Å². The monoisotopic (exact) mass is 342 g/mol. The number of methoxy groups -OCH3 is 1. The molecule has 1 aromatic heterocycles. The van der Waals surface area contributed by atoms with Gasteiger partial charge in [0.25, 0.3) is 0 Å². The maximum Gasteiger partial charge on any atom is 0.358 e. The zero-order chi connectivity index (χ0) is 11.1. The van der Waals surface area contributed by atoms with Crippen LogP contribution in [-0.2, 0) is 16.2 Å². The van der Waals surface area contributed by atoms with E-state index in [1.54, 1.807) is 26.0 Å². The molecule has 0 aliphatic carbocycles. The molecule has 7 heteroatoms. The Labute approximate surface area is 104 Å². The summed E-state index contributed by atoms with van der Waals surface area (Å²) in [6.07, 6.45) is 3.15. The summed E-state index contributed by atoms with van der Waals surface area (Å²) in [6.45, 7) is 1.08. The molecule has 0 unspecified atom stereocenters. The SMILES string of the molecule is COC(=O)c1cn(COCCSI)cn1. The molecule has 0 aromatic carbocycles. The van der Waals surface area contributed by atoms with E-state index in [1.165, 1.54) is 7.11 Å². The number of hydrogen-bond acceptors (Lipinski definition) is 5. The molecule has 0 bridgehead atoms. The normalized spacial score (nSPS) is 10.3. The van der Waals surface area contributed by atoms with E-state index in [0.717, 1.165) is 5.75 Å². The first kappa shape index (κ1) is 12.8. The van der Waals surface area contributed by atoms with Crippen LogP contribution in [0.25, 0.3) is 0 Å². The average molecular weight is 342 g/mol. The zero-order valence-electron chi connectivity index (χ0n) is 8.18. The topological polar surface area (TPSA) is 53.4 Å². The number of ether oxygens (including phenoxy) is 2. The van der Waals surface area contributed by atoms with Crippen LogP contribution in [0.2, 0.25) is 0 Å². The minimum atomic E-state index is -0.434. The van der Waals surface area contributed by atoms with E-state index < -0.39 is 5.97 Å². The third-order valence-corrected chi connectivity index (χ3v) is 3.22. The van der Waals surface area contributed by atoms with Crippen molar-refractivity contribution >= 4 is 36.1 Å². The van der Waals surface area contributed by atoms with Gasteiger partial charge in [0.15, 0.2) is 5.69 Å². The summed E-state index contributed by atoms with van der Waals surface area (Å²) in [6, 6.07) is 0. The van der Waals surface area contributed by atoms with Crippen LogP contribution >= 0.6 is 30.1 Å². The van der Waals surface area contributed by atoms with E-state index in [1.807, 2.05) is 0 Å². The first-order valence-electron chi connectivity index (χ1n) is 4.19. The van der Waals surface area contributed by atoms with Crippen LogP contribution in [0.1, 0.15) is 10.5 Å². The maximum atomic E-state index is 11.1. The molecule has 0 radical (unpaired) electrons. The number of aromatic nitrogens is 2. The molecule has 1 heterocycles. The quantitative estimate of drug-likeness (QED) is 0.448. The van der Waals surface area contributed by atoms with Crippen LogP contribution in [0, 0.1) is 0 Å². The lowest BCUT2D eigenvalue weighted by Crippen LogP contribution is -2.04. The molecule has 5 nitrogen and oxygen atoms in total. The minimum Gasteiger partial charge on any atom is -0.464 e. The molecule has 1 aromatic rings. The van der Waals surface area contributed by atoms with Crippen molar-refractivity contribution < 1.29 is 14.3 Å². The molecule has 0 aliphatic heterocycles. The smallest absolute Gasteiger partial charge is 0.358 e. The number of esters is 1. The number of halogens is 1. The second kappa shape index (κ2) is 7.07. The lowest BCUT2D eigenvalue weighted by Gasteiger charge is -2.02. The minimum absolute atomic E-state index is 0.296. The molecule has 0 aliphatic rings.